The van der Waals surface area contributed by atoms with Crippen LogP contribution in [0.4, 0.5) is 10.5 Å². The van der Waals surface area contributed by atoms with Gasteiger partial charge in [0.05, 0.1) is 23.9 Å². The minimum atomic E-state index is -0.896. The van der Waals surface area contributed by atoms with Crippen LogP contribution in [0.5, 0.6) is 5.75 Å². The number of nitrogens with one attached hydrogen (secondary N) is 1. The monoisotopic (exact) mass is 292 g/mol. The molecule has 21 heavy (non-hydrogen) atoms. The Balaban J connectivity index is 2.11. The van der Waals surface area contributed by atoms with Crippen LogP contribution < -0.4 is 10.1 Å². The van der Waals surface area contributed by atoms with E-state index in [-0.39, 0.29) is 12.1 Å². The molecule has 0 bridgehead atoms. The number of carbonyl (C=O) groups excluding carboxylic acids is 1. The summed E-state index contributed by atoms with van der Waals surface area (Å²) in [4.78, 5) is 14.2. The number of nitrogens with zero attached hydrogens (tertiary/aromatic N) is 1. The molecule has 1 fully saturated rings. The van der Waals surface area contributed by atoms with Crippen LogP contribution in [0.2, 0.25) is 0 Å². The molecule has 116 valence electrons. The Bertz CT molecular complexity index is 497. The van der Waals surface area contributed by atoms with Crippen LogP contribution in [-0.4, -0.2) is 40.8 Å². The fourth-order valence-electron chi connectivity index (χ4n) is 2.78. The standard InChI is InChI=1S/C16H24N2O3/c1-4-21-13-9-6-5-8-12(13)17-15(19)18-11-7-10-14(18)16(2,3)20/h5-6,8-9,14,20H,4,7,10-11H2,1-3H3,(H,17,19). The average molecular weight is 292 g/mol. The van der Waals surface area contributed by atoms with E-state index < -0.39 is 5.60 Å². The third-order valence-corrected chi connectivity index (χ3v) is 3.76. The highest BCUT2D eigenvalue weighted by Crippen LogP contribution is 2.29. The van der Waals surface area contributed by atoms with Crippen molar-refractivity contribution in [3.63, 3.8) is 0 Å². The van der Waals surface area contributed by atoms with Crippen molar-refractivity contribution in [2.24, 2.45) is 0 Å². The number of benzene rings is 1. The van der Waals surface area contributed by atoms with Crippen LogP contribution in [0.3, 0.4) is 0 Å². The van der Waals surface area contributed by atoms with E-state index >= 15 is 0 Å². The van der Waals surface area contributed by atoms with Crippen molar-refractivity contribution in [1.29, 1.82) is 0 Å². The summed E-state index contributed by atoms with van der Waals surface area (Å²) in [7, 11) is 0. The summed E-state index contributed by atoms with van der Waals surface area (Å²) in [5, 5.41) is 13.1. The predicted molar refractivity (Wildman–Crippen MR) is 82.7 cm³/mol. The lowest BCUT2D eigenvalue weighted by Crippen LogP contribution is -2.49. The van der Waals surface area contributed by atoms with Gasteiger partial charge in [0, 0.05) is 6.54 Å². The molecule has 1 atom stereocenters. The quantitative estimate of drug-likeness (QED) is 0.897. The van der Waals surface area contributed by atoms with E-state index in [2.05, 4.69) is 5.32 Å². The molecule has 2 amide bonds. The average Bonchev–Trinajstić information content (AvgIpc) is 2.90. The van der Waals surface area contributed by atoms with Crippen molar-refractivity contribution < 1.29 is 14.6 Å². The number of urea groups is 1. The van der Waals surface area contributed by atoms with Crippen molar-refractivity contribution in [2.45, 2.75) is 45.3 Å². The van der Waals surface area contributed by atoms with Crippen LogP contribution in [0.1, 0.15) is 33.6 Å². The maximum absolute atomic E-state index is 12.5. The largest absolute Gasteiger partial charge is 0.492 e. The molecule has 1 aromatic carbocycles. The van der Waals surface area contributed by atoms with Gasteiger partial charge in [-0.1, -0.05) is 12.1 Å². The number of hydrogen-bond acceptors (Lipinski definition) is 3. The van der Waals surface area contributed by atoms with Crippen molar-refractivity contribution in [1.82, 2.24) is 4.90 Å². The van der Waals surface area contributed by atoms with E-state index in [1.165, 1.54) is 0 Å². The first-order valence-corrected chi connectivity index (χ1v) is 7.45. The lowest BCUT2D eigenvalue weighted by atomic mass is 9.97. The van der Waals surface area contributed by atoms with Crippen LogP contribution in [0, 0.1) is 0 Å². The van der Waals surface area contributed by atoms with Gasteiger partial charge < -0.3 is 20.1 Å². The SMILES string of the molecule is CCOc1ccccc1NC(=O)N1CCCC1C(C)(C)O. The van der Waals surface area contributed by atoms with E-state index in [9.17, 15) is 9.90 Å². The van der Waals surface area contributed by atoms with Crippen molar-refractivity contribution in [2.75, 3.05) is 18.5 Å². The summed E-state index contributed by atoms with van der Waals surface area (Å²) >= 11 is 0. The molecule has 0 aromatic heterocycles. The molecule has 5 heteroatoms. The lowest BCUT2D eigenvalue weighted by molar-refractivity contribution is 0.0117. The molecule has 1 heterocycles. The zero-order valence-corrected chi connectivity index (χ0v) is 12.9. The molecule has 1 aromatic rings. The first kappa shape index (κ1) is 15.6. The number of amides is 2. The Morgan fingerprint density at radius 3 is 2.86 bits per heavy atom. The Labute approximate surface area is 125 Å². The lowest BCUT2D eigenvalue weighted by Gasteiger charge is -2.33. The number of anilines is 1. The summed E-state index contributed by atoms with van der Waals surface area (Å²) in [5.41, 5.74) is -0.237. The normalized spacial score (nSPS) is 18.7. The number of carbonyl (C=O) groups is 1. The summed E-state index contributed by atoms with van der Waals surface area (Å²) in [6.07, 6.45) is 1.74. The maximum atomic E-state index is 12.5. The van der Waals surface area contributed by atoms with Gasteiger partial charge in [0.15, 0.2) is 0 Å². The number of para-hydroxylation sites is 2. The third-order valence-electron chi connectivity index (χ3n) is 3.76. The van der Waals surface area contributed by atoms with Crippen LogP contribution in [0.15, 0.2) is 24.3 Å². The van der Waals surface area contributed by atoms with E-state index in [4.69, 9.17) is 4.74 Å². The first-order chi connectivity index (χ1) is 9.93. The first-order valence-electron chi connectivity index (χ1n) is 7.45. The number of rotatable bonds is 4. The molecule has 0 aliphatic carbocycles. The minimum absolute atomic E-state index is 0.156. The van der Waals surface area contributed by atoms with Gasteiger partial charge in [-0.05, 0) is 45.7 Å². The van der Waals surface area contributed by atoms with Crippen molar-refractivity contribution >= 4 is 11.7 Å². The highest BCUT2D eigenvalue weighted by molar-refractivity contribution is 5.91. The van der Waals surface area contributed by atoms with Crippen molar-refractivity contribution in [3.8, 4) is 5.75 Å². The Morgan fingerprint density at radius 2 is 2.19 bits per heavy atom. The summed E-state index contributed by atoms with van der Waals surface area (Å²) < 4.78 is 5.51. The van der Waals surface area contributed by atoms with Crippen LogP contribution in [0.25, 0.3) is 0 Å². The van der Waals surface area contributed by atoms with Gasteiger partial charge in [-0.25, -0.2) is 4.79 Å². The van der Waals surface area contributed by atoms with E-state index in [1.807, 2.05) is 31.2 Å². The zero-order valence-electron chi connectivity index (χ0n) is 12.9. The van der Waals surface area contributed by atoms with Gasteiger partial charge in [0.25, 0.3) is 0 Å². The molecular weight excluding hydrogens is 268 g/mol. The fraction of sp³-hybridized carbons (Fsp3) is 0.562. The number of hydrogen-bond donors (Lipinski definition) is 2. The number of aliphatic hydroxyl groups is 1. The Kier molecular flexibility index (Phi) is 4.73. The minimum Gasteiger partial charge on any atom is -0.492 e. The van der Waals surface area contributed by atoms with E-state index in [0.29, 0.717) is 24.6 Å². The molecule has 2 N–H and O–H groups in total. The van der Waals surface area contributed by atoms with E-state index in [1.54, 1.807) is 18.7 Å². The highest BCUT2D eigenvalue weighted by atomic mass is 16.5. The predicted octanol–water partition coefficient (Wildman–Crippen LogP) is 2.85. The molecule has 1 unspecified atom stereocenters. The molecule has 1 saturated heterocycles. The Hall–Kier alpha value is -1.75. The van der Waals surface area contributed by atoms with Gasteiger partial charge in [-0.2, -0.15) is 0 Å². The fourth-order valence-corrected chi connectivity index (χ4v) is 2.78. The second kappa shape index (κ2) is 6.35. The van der Waals surface area contributed by atoms with Gasteiger partial charge in [-0.15, -0.1) is 0 Å². The molecular formula is C16H24N2O3. The van der Waals surface area contributed by atoms with Gasteiger partial charge in [0.1, 0.15) is 5.75 Å². The summed E-state index contributed by atoms with van der Waals surface area (Å²) in [6, 6.07) is 7.03. The zero-order chi connectivity index (χ0) is 15.5. The Morgan fingerprint density at radius 1 is 1.48 bits per heavy atom. The number of likely N-dealkylation sites (tertiary alicyclic amines) is 1. The molecule has 2 rings (SSSR count). The van der Waals surface area contributed by atoms with Crippen molar-refractivity contribution in [3.05, 3.63) is 24.3 Å². The topological polar surface area (TPSA) is 61.8 Å². The van der Waals surface area contributed by atoms with Gasteiger partial charge in [-0.3, -0.25) is 0 Å². The number of ether oxygens (including phenoxy) is 1. The molecule has 1 aliphatic rings. The second-order valence-corrected chi connectivity index (χ2v) is 5.86. The van der Waals surface area contributed by atoms with Gasteiger partial charge >= 0.3 is 6.03 Å². The van der Waals surface area contributed by atoms with Crippen LogP contribution >= 0.6 is 0 Å². The summed E-state index contributed by atoms with van der Waals surface area (Å²) in [6.45, 7) is 6.61. The highest BCUT2D eigenvalue weighted by Gasteiger charge is 2.38. The maximum Gasteiger partial charge on any atom is 0.322 e. The van der Waals surface area contributed by atoms with Crippen LogP contribution in [-0.2, 0) is 0 Å². The molecule has 0 radical (unpaired) electrons. The molecule has 0 spiro atoms. The summed E-state index contributed by atoms with van der Waals surface area (Å²) in [5.74, 6) is 0.660. The molecule has 1 aliphatic heterocycles. The van der Waals surface area contributed by atoms with E-state index in [0.717, 1.165) is 12.8 Å². The van der Waals surface area contributed by atoms with Gasteiger partial charge in [0.2, 0.25) is 0 Å². The molecule has 5 nitrogen and oxygen atoms in total. The molecule has 0 saturated carbocycles. The smallest absolute Gasteiger partial charge is 0.322 e. The second-order valence-electron chi connectivity index (χ2n) is 5.86. The third kappa shape index (κ3) is 3.67.